The van der Waals surface area contributed by atoms with Gasteiger partial charge < -0.3 is 25.2 Å². The third-order valence-corrected chi connectivity index (χ3v) is 2.96. The van der Waals surface area contributed by atoms with Crippen molar-refractivity contribution in [2.24, 2.45) is 10.9 Å². The normalized spacial score (nSPS) is 13.2. The molecule has 7 heteroatoms. The number of rotatable bonds is 4. The van der Waals surface area contributed by atoms with E-state index in [0.717, 1.165) is 11.3 Å². The van der Waals surface area contributed by atoms with Gasteiger partial charge in [-0.25, -0.2) is 4.98 Å². The fraction of sp³-hybridized carbons (Fsp3) is 0.143. The van der Waals surface area contributed by atoms with Crippen molar-refractivity contribution in [3.05, 3.63) is 47.7 Å². The smallest absolute Gasteiger partial charge is 0.231 e. The van der Waals surface area contributed by atoms with E-state index < -0.39 is 0 Å². The molecule has 3 N–H and O–H groups in total. The lowest BCUT2D eigenvalue weighted by molar-refractivity contribution is 0.174. The summed E-state index contributed by atoms with van der Waals surface area (Å²) >= 11 is 0. The lowest BCUT2D eigenvalue weighted by atomic mass is 10.2. The van der Waals surface area contributed by atoms with Crippen molar-refractivity contribution in [3.8, 4) is 17.4 Å². The molecule has 1 aliphatic rings. The first kappa shape index (κ1) is 13.0. The quantitative estimate of drug-likeness (QED) is 0.382. The van der Waals surface area contributed by atoms with E-state index in [1.807, 2.05) is 18.2 Å². The lowest BCUT2D eigenvalue weighted by Crippen LogP contribution is -2.13. The summed E-state index contributed by atoms with van der Waals surface area (Å²) in [5, 5.41) is 11.5. The number of nitrogens with two attached hydrogens (primary N) is 1. The summed E-state index contributed by atoms with van der Waals surface area (Å²) in [6.45, 7) is 0.600. The average molecular weight is 287 g/mol. The SMILES string of the molecule is N/C(=N\O)c1ccc(OCc2ccc3c(c2)OCO3)nc1. The van der Waals surface area contributed by atoms with Gasteiger partial charge in [-0.1, -0.05) is 11.2 Å². The van der Waals surface area contributed by atoms with Gasteiger partial charge >= 0.3 is 0 Å². The minimum atomic E-state index is 0.00446. The molecule has 0 unspecified atom stereocenters. The molecular weight excluding hydrogens is 274 g/mol. The molecule has 0 bridgehead atoms. The summed E-state index contributed by atoms with van der Waals surface area (Å²) in [5.74, 6) is 1.90. The van der Waals surface area contributed by atoms with Crippen molar-refractivity contribution < 1.29 is 19.4 Å². The van der Waals surface area contributed by atoms with Gasteiger partial charge in [0.05, 0.1) is 0 Å². The van der Waals surface area contributed by atoms with Gasteiger partial charge in [0.1, 0.15) is 6.61 Å². The highest BCUT2D eigenvalue weighted by Crippen LogP contribution is 2.32. The molecule has 2 heterocycles. The van der Waals surface area contributed by atoms with Crippen LogP contribution in [0.1, 0.15) is 11.1 Å². The van der Waals surface area contributed by atoms with Crippen LogP contribution in [-0.2, 0) is 6.61 Å². The van der Waals surface area contributed by atoms with Gasteiger partial charge in [-0.05, 0) is 23.8 Å². The summed E-state index contributed by atoms with van der Waals surface area (Å²) < 4.78 is 16.1. The maximum absolute atomic E-state index is 8.57. The van der Waals surface area contributed by atoms with E-state index in [2.05, 4.69) is 10.1 Å². The number of hydrogen-bond acceptors (Lipinski definition) is 6. The van der Waals surface area contributed by atoms with Crippen LogP contribution in [-0.4, -0.2) is 22.8 Å². The molecule has 0 aliphatic carbocycles. The van der Waals surface area contributed by atoms with Gasteiger partial charge in [-0.15, -0.1) is 0 Å². The van der Waals surface area contributed by atoms with E-state index in [1.165, 1.54) is 6.20 Å². The Morgan fingerprint density at radius 1 is 1.29 bits per heavy atom. The van der Waals surface area contributed by atoms with Crippen LogP contribution in [0, 0.1) is 0 Å². The number of nitrogens with zero attached hydrogens (tertiary/aromatic N) is 2. The molecule has 21 heavy (non-hydrogen) atoms. The van der Waals surface area contributed by atoms with Gasteiger partial charge in [0.15, 0.2) is 17.3 Å². The second-order valence-electron chi connectivity index (χ2n) is 4.35. The molecule has 0 radical (unpaired) electrons. The Morgan fingerprint density at radius 3 is 2.90 bits per heavy atom. The summed E-state index contributed by atoms with van der Waals surface area (Å²) in [6, 6.07) is 8.93. The molecule has 0 saturated heterocycles. The average Bonchev–Trinajstić information content (AvgIpc) is 3.00. The Balaban J connectivity index is 1.65. The molecule has 1 aromatic carbocycles. The first-order valence-corrected chi connectivity index (χ1v) is 6.21. The van der Waals surface area contributed by atoms with E-state index >= 15 is 0 Å². The number of oxime groups is 1. The van der Waals surface area contributed by atoms with Crippen molar-refractivity contribution in [3.63, 3.8) is 0 Å². The molecule has 108 valence electrons. The molecular formula is C14H13N3O4. The molecule has 0 spiro atoms. The number of benzene rings is 1. The van der Waals surface area contributed by atoms with Gasteiger partial charge in [0.2, 0.25) is 12.7 Å². The number of hydrogen-bond donors (Lipinski definition) is 2. The van der Waals surface area contributed by atoms with E-state index in [0.29, 0.717) is 23.8 Å². The van der Waals surface area contributed by atoms with Crippen LogP contribution >= 0.6 is 0 Å². The van der Waals surface area contributed by atoms with E-state index in [1.54, 1.807) is 12.1 Å². The van der Waals surface area contributed by atoms with Crippen LogP contribution in [0.25, 0.3) is 0 Å². The van der Waals surface area contributed by atoms with Crippen LogP contribution in [0.4, 0.5) is 0 Å². The number of aromatic nitrogens is 1. The van der Waals surface area contributed by atoms with Crippen LogP contribution < -0.4 is 19.9 Å². The largest absolute Gasteiger partial charge is 0.473 e. The van der Waals surface area contributed by atoms with Crippen molar-refractivity contribution in [1.29, 1.82) is 0 Å². The predicted molar refractivity (Wildman–Crippen MR) is 73.6 cm³/mol. The zero-order valence-electron chi connectivity index (χ0n) is 11.0. The Morgan fingerprint density at radius 2 is 2.14 bits per heavy atom. The van der Waals surface area contributed by atoms with Gasteiger partial charge in [-0.2, -0.15) is 0 Å². The zero-order valence-corrected chi connectivity index (χ0v) is 11.0. The van der Waals surface area contributed by atoms with Gasteiger partial charge in [0, 0.05) is 17.8 Å². The third kappa shape index (κ3) is 2.81. The number of fused-ring (bicyclic) bond motifs is 1. The molecule has 3 rings (SSSR count). The molecule has 7 nitrogen and oxygen atoms in total. The topological polar surface area (TPSA) is 99.2 Å². The van der Waals surface area contributed by atoms with Crippen LogP contribution in [0.15, 0.2) is 41.7 Å². The molecule has 0 amide bonds. The summed E-state index contributed by atoms with van der Waals surface area (Å²) in [5.41, 5.74) is 6.92. The van der Waals surface area contributed by atoms with Crippen molar-refractivity contribution in [2.75, 3.05) is 6.79 Å². The Kier molecular flexibility index (Phi) is 3.46. The maximum atomic E-state index is 8.57. The molecule has 0 atom stereocenters. The van der Waals surface area contributed by atoms with E-state index in [-0.39, 0.29) is 12.6 Å². The molecule has 0 fully saturated rings. The number of pyridine rings is 1. The summed E-state index contributed by atoms with van der Waals surface area (Å²) in [6.07, 6.45) is 1.48. The lowest BCUT2D eigenvalue weighted by Gasteiger charge is -2.06. The molecule has 1 aliphatic heterocycles. The monoisotopic (exact) mass is 287 g/mol. The number of ether oxygens (including phenoxy) is 3. The fourth-order valence-corrected chi connectivity index (χ4v) is 1.86. The fourth-order valence-electron chi connectivity index (χ4n) is 1.86. The van der Waals surface area contributed by atoms with Crippen molar-refractivity contribution in [2.45, 2.75) is 6.61 Å². The second kappa shape index (κ2) is 5.58. The Labute approximate surface area is 120 Å². The highest BCUT2D eigenvalue weighted by Gasteiger charge is 2.13. The highest BCUT2D eigenvalue weighted by atomic mass is 16.7. The minimum absolute atomic E-state index is 0.00446. The standard InChI is InChI=1S/C14H13N3O4/c15-14(17-18)10-2-4-13(16-6-10)19-7-9-1-3-11-12(5-9)21-8-20-11/h1-6,18H,7-8H2,(H2,15,17). The van der Waals surface area contributed by atoms with Gasteiger partial charge in [-0.3, -0.25) is 0 Å². The summed E-state index contributed by atoms with van der Waals surface area (Å²) in [4.78, 5) is 4.09. The first-order valence-electron chi connectivity index (χ1n) is 6.21. The van der Waals surface area contributed by atoms with E-state index in [9.17, 15) is 0 Å². The summed E-state index contributed by atoms with van der Waals surface area (Å²) in [7, 11) is 0. The Hall–Kier alpha value is -2.96. The Bertz CT molecular complexity index is 670. The van der Waals surface area contributed by atoms with Crippen LogP contribution in [0.2, 0.25) is 0 Å². The van der Waals surface area contributed by atoms with Gasteiger partial charge in [0.25, 0.3) is 0 Å². The molecule has 1 aromatic heterocycles. The second-order valence-corrected chi connectivity index (χ2v) is 4.35. The third-order valence-electron chi connectivity index (χ3n) is 2.96. The highest BCUT2D eigenvalue weighted by molar-refractivity contribution is 5.96. The van der Waals surface area contributed by atoms with E-state index in [4.69, 9.17) is 25.2 Å². The molecule has 2 aromatic rings. The van der Waals surface area contributed by atoms with Crippen LogP contribution in [0.5, 0.6) is 17.4 Å². The zero-order chi connectivity index (χ0) is 14.7. The minimum Gasteiger partial charge on any atom is -0.473 e. The van der Waals surface area contributed by atoms with Crippen molar-refractivity contribution in [1.82, 2.24) is 4.98 Å². The van der Waals surface area contributed by atoms with Crippen molar-refractivity contribution >= 4 is 5.84 Å². The number of amidine groups is 1. The predicted octanol–water partition coefficient (Wildman–Crippen LogP) is 1.48. The maximum Gasteiger partial charge on any atom is 0.231 e. The van der Waals surface area contributed by atoms with Crippen LogP contribution in [0.3, 0.4) is 0 Å². The first-order chi connectivity index (χ1) is 10.3. The molecule has 0 saturated carbocycles.